The number of hydrogen-bond donors (Lipinski definition) is 0. The van der Waals surface area contributed by atoms with Crippen LogP contribution in [0, 0.1) is 13.8 Å². The molecule has 0 atom stereocenters. The van der Waals surface area contributed by atoms with E-state index in [2.05, 4.69) is 237 Å². The highest BCUT2D eigenvalue weighted by Crippen LogP contribution is 2.51. The summed E-state index contributed by atoms with van der Waals surface area (Å²) in [5.41, 5.74) is 19.0. The smallest absolute Gasteiger partial charge is 0.0801 e. The summed E-state index contributed by atoms with van der Waals surface area (Å²) in [6.07, 6.45) is 0. The van der Waals surface area contributed by atoms with Gasteiger partial charge in [0.1, 0.15) is 0 Å². The van der Waals surface area contributed by atoms with Gasteiger partial charge in [-0.25, -0.2) is 9.97 Å². The Bertz CT molecular complexity index is 4270. The Morgan fingerprint density at radius 3 is 1.03 bits per heavy atom. The molecule has 0 bridgehead atoms. The Labute approximate surface area is 420 Å². The second-order valence-corrected chi connectivity index (χ2v) is 22.7. The van der Waals surface area contributed by atoms with Gasteiger partial charge in [0.25, 0.3) is 0 Å². The molecular formula is C70H54N2. The molecule has 14 aromatic rings. The van der Waals surface area contributed by atoms with Crippen molar-refractivity contribution in [1.82, 2.24) is 9.97 Å². The van der Waals surface area contributed by atoms with Gasteiger partial charge < -0.3 is 0 Å². The molecule has 0 amide bonds. The Kier molecular flexibility index (Phi) is 8.98. The van der Waals surface area contributed by atoms with Crippen molar-refractivity contribution in [2.45, 2.75) is 66.2 Å². The monoisotopic (exact) mass is 922 g/mol. The molecule has 0 fully saturated rings. The number of hydrogen-bond acceptors (Lipinski definition) is 2. The second-order valence-electron chi connectivity index (χ2n) is 22.7. The molecule has 0 unspecified atom stereocenters. The van der Waals surface area contributed by atoms with Gasteiger partial charge in [0.05, 0.1) is 22.1 Å². The molecule has 2 heteroatoms. The third-order valence-corrected chi connectivity index (χ3v) is 15.9. The van der Waals surface area contributed by atoms with Gasteiger partial charge in [-0.3, -0.25) is 0 Å². The van der Waals surface area contributed by atoms with Gasteiger partial charge in [0, 0.05) is 32.3 Å². The third kappa shape index (κ3) is 6.48. The molecule has 0 spiro atoms. The molecule has 0 aliphatic rings. The van der Waals surface area contributed by atoms with Crippen LogP contribution in [0.5, 0.6) is 0 Å². The van der Waals surface area contributed by atoms with Crippen LogP contribution in [-0.2, 0) is 10.8 Å². The van der Waals surface area contributed by atoms with Crippen molar-refractivity contribution >= 4 is 97.5 Å². The molecule has 72 heavy (non-hydrogen) atoms. The van der Waals surface area contributed by atoms with Crippen molar-refractivity contribution in [2.24, 2.45) is 0 Å². The van der Waals surface area contributed by atoms with E-state index >= 15 is 0 Å². The highest BCUT2D eigenvalue weighted by Gasteiger charge is 2.26. The van der Waals surface area contributed by atoms with Gasteiger partial charge in [-0.2, -0.15) is 0 Å². The molecule has 2 aromatic heterocycles. The van der Waals surface area contributed by atoms with Gasteiger partial charge in [0.2, 0.25) is 0 Å². The first-order chi connectivity index (χ1) is 34.7. The fourth-order valence-corrected chi connectivity index (χ4v) is 11.9. The molecule has 0 aliphatic carbocycles. The van der Waals surface area contributed by atoms with Crippen molar-refractivity contribution in [3.63, 3.8) is 0 Å². The van der Waals surface area contributed by atoms with Crippen molar-refractivity contribution in [3.05, 3.63) is 204 Å². The Morgan fingerprint density at radius 2 is 0.625 bits per heavy atom. The maximum atomic E-state index is 5.78. The number of benzene rings is 12. The molecule has 12 aromatic carbocycles. The highest BCUT2D eigenvalue weighted by molar-refractivity contribution is 6.41. The molecule has 2 heterocycles. The molecule has 2 nitrogen and oxygen atoms in total. The topological polar surface area (TPSA) is 25.8 Å². The first kappa shape index (κ1) is 42.7. The molecule has 0 N–H and O–H groups in total. The van der Waals surface area contributed by atoms with Crippen molar-refractivity contribution in [2.75, 3.05) is 0 Å². The van der Waals surface area contributed by atoms with Gasteiger partial charge >= 0.3 is 0 Å². The fraction of sp³-hybridized carbons (Fsp3) is 0.143. The first-order valence-electron chi connectivity index (χ1n) is 25.5. The van der Waals surface area contributed by atoms with Gasteiger partial charge in [0.15, 0.2) is 0 Å². The van der Waals surface area contributed by atoms with Gasteiger partial charge in [-0.15, -0.1) is 0 Å². The summed E-state index contributed by atoms with van der Waals surface area (Å²) in [6, 6.07) is 69.1. The van der Waals surface area contributed by atoms with Crippen molar-refractivity contribution in [3.8, 4) is 44.5 Å². The van der Waals surface area contributed by atoms with Crippen LogP contribution >= 0.6 is 0 Å². The summed E-state index contributed by atoms with van der Waals surface area (Å²) < 4.78 is 0. The highest BCUT2D eigenvalue weighted by atomic mass is 14.7. The second kappa shape index (κ2) is 15.2. The summed E-state index contributed by atoms with van der Waals surface area (Å²) in [6.45, 7) is 18.0. The first-order valence-corrected chi connectivity index (χ1v) is 25.5. The van der Waals surface area contributed by atoms with Gasteiger partial charge in [-0.1, -0.05) is 198 Å². The van der Waals surface area contributed by atoms with Crippen LogP contribution in [0.15, 0.2) is 182 Å². The van der Waals surface area contributed by atoms with Crippen LogP contribution in [0.4, 0.5) is 0 Å². The van der Waals surface area contributed by atoms with E-state index in [4.69, 9.17) is 9.97 Å². The van der Waals surface area contributed by atoms with E-state index in [1.54, 1.807) is 0 Å². The summed E-state index contributed by atoms with van der Waals surface area (Å²) in [4.78, 5) is 11.6. The standard InChI is InChI=1S/C70H54N2/c1-39-9-13-41(14-10-39)47-23-27-53-57(37-47)61(49-19-17-45-35-51(69(3,4)5)25-21-43(45)33-49)55-29-31-60-65-63(55)67(53)71-59-32-30-56-62(50-20-18-46-36-52(70(6,7)8)26-22-44(46)34-50)58-38-48(42-15-11-40(2)12-16-42)24-28-54(58)68(72-60)64(56)66(59)65/h9-38H,1-8H3. The number of fused-ring (bicyclic) bond motifs is 6. The van der Waals surface area contributed by atoms with Crippen LogP contribution < -0.4 is 0 Å². The van der Waals surface area contributed by atoms with Crippen molar-refractivity contribution < 1.29 is 0 Å². The minimum Gasteiger partial charge on any atom is -0.247 e. The lowest BCUT2D eigenvalue weighted by Crippen LogP contribution is -2.10. The average molecular weight is 923 g/mol. The van der Waals surface area contributed by atoms with Crippen LogP contribution in [0.2, 0.25) is 0 Å². The van der Waals surface area contributed by atoms with E-state index in [1.807, 2.05) is 0 Å². The van der Waals surface area contributed by atoms with Crippen LogP contribution in [0.1, 0.15) is 63.8 Å². The minimum absolute atomic E-state index is 0.0621. The molecule has 344 valence electrons. The van der Waals surface area contributed by atoms with E-state index < -0.39 is 0 Å². The molecule has 0 saturated carbocycles. The maximum absolute atomic E-state index is 5.78. The van der Waals surface area contributed by atoms with E-state index in [0.29, 0.717) is 0 Å². The lowest BCUT2D eigenvalue weighted by atomic mass is 9.83. The van der Waals surface area contributed by atoms with E-state index in [0.717, 1.165) is 32.8 Å². The summed E-state index contributed by atoms with van der Waals surface area (Å²) >= 11 is 0. The third-order valence-electron chi connectivity index (χ3n) is 15.9. The summed E-state index contributed by atoms with van der Waals surface area (Å²) in [5, 5.41) is 16.8. The van der Waals surface area contributed by atoms with E-state index in [-0.39, 0.29) is 10.8 Å². The number of aromatic nitrogens is 2. The predicted molar refractivity (Wildman–Crippen MR) is 311 cm³/mol. The quantitative estimate of drug-likeness (QED) is 0.130. The molecule has 0 saturated heterocycles. The summed E-state index contributed by atoms with van der Waals surface area (Å²) in [7, 11) is 0. The van der Waals surface area contributed by atoms with Crippen molar-refractivity contribution in [1.29, 1.82) is 0 Å². The minimum atomic E-state index is 0.0621. The number of nitrogens with zero attached hydrogens (tertiary/aromatic N) is 2. The Morgan fingerprint density at radius 1 is 0.278 bits per heavy atom. The number of rotatable bonds is 4. The maximum Gasteiger partial charge on any atom is 0.0801 e. The van der Waals surface area contributed by atoms with E-state index in [9.17, 15) is 0 Å². The molecule has 14 rings (SSSR count). The molecular weight excluding hydrogens is 869 g/mol. The average Bonchev–Trinajstić information content (AvgIpc) is 3.39. The van der Waals surface area contributed by atoms with Gasteiger partial charge in [-0.05, 0) is 160 Å². The van der Waals surface area contributed by atoms with Crippen LogP contribution in [-0.4, -0.2) is 9.97 Å². The normalized spacial score (nSPS) is 12.7. The Hall–Kier alpha value is -8.20. The van der Waals surface area contributed by atoms with E-state index in [1.165, 1.54) is 131 Å². The number of pyridine rings is 2. The largest absolute Gasteiger partial charge is 0.247 e. The SMILES string of the molecule is Cc1ccc(-c2ccc3c(c2)c(-c2ccc4cc(C(C)(C)C)ccc4c2)c2ccc4nc5c6ccc(-c7ccc(C)cc7)cc6c(-c6ccc7cc(C(C)(C)C)ccc7c6)c6ccc7nc3c2c4c7c65)cc1. The Balaban J connectivity index is 1.09. The predicted octanol–water partition coefficient (Wildman–Crippen LogP) is 19.6. The lowest BCUT2D eigenvalue weighted by Gasteiger charge is -2.23. The summed E-state index contributed by atoms with van der Waals surface area (Å²) in [5.74, 6) is 0. The van der Waals surface area contributed by atoms with Crippen LogP contribution in [0.3, 0.4) is 0 Å². The zero-order valence-electron chi connectivity index (χ0n) is 42.2. The molecule has 0 aliphatic heterocycles. The fourth-order valence-electron chi connectivity index (χ4n) is 11.9. The van der Waals surface area contributed by atoms with Crippen LogP contribution in [0.25, 0.3) is 142 Å². The lowest BCUT2D eigenvalue weighted by molar-refractivity contribution is 0.591. The number of aryl methyl sites for hydroxylation is 2. The zero-order valence-corrected chi connectivity index (χ0v) is 42.2. The zero-order chi connectivity index (χ0) is 48.9. The molecule has 0 radical (unpaired) electrons.